The number of hydrogen-bond acceptors (Lipinski definition) is 2. The van der Waals surface area contributed by atoms with Gasteiger partial charge < -0.3 is 4.90 Å². The van der Waals surface area contributed by atoms with Gasteiger partial charge in [0, 0.05) is 17.6 Å². The Morgan fingerprint density at radius 1 is 1.28 bits per heavy atom. The standard InChI is InChI=1S/C15H23BrN2/c1-11(2)13-5-4-9-18(10-8-13)15-7-6-14(16)12(3)17-15/h6-7,11,13H,4-5,8-10H2,1-3H3. The first-order valence-electron chi connectivity index (χ1n) is 6.96. The first-order chi connectivity index (χ1) is 8.58. The molecule has 0 aromatic carbocycles. The summed E-state index contributed by atoms with van der Waals surface area (Å²) in [5.41, 5.74) is 1.08. The number of rotatable bonds is 2. The fourth-order valence-electron chi connectivity index (χ4n) is 2.72. The number of hydrogen-bond donors (Lipinski definition) is 0. The highest BCUT2D eigenvalue weighted by atomic mass is 79.9. The molecule has 1 unspecified atom stereocenters. The third-order valence-electron chi connectivity index (χ3n) is 4.05. The van der Waals surface area contributed by atoms with Gasteiger partial charge in [0.05, 0.1) is 5.69 Å². The van der Waals surface area contributed by atoms with Crippen LogP contribution >= 0.6 is 15.9 Å². The molecule has 1 atom stereocenters. The van der Waals surface area contributed by atoms with E-state index in [0.717, 1.165) is 40.9 Å². The molecule has 0 aliphatic carbocycles. The lowest BCUT2D eigenvalue weighted by molar-refractivity contribution is 0.351. The number of aromatic nitrogens is 1. The Balaban J connectivity index is 2.07. The van der Waals surface area contributed by atoms with Crippen LogP contribution in [0.1, 0.15) is 38.8 Å². The largest absolute Gasteiger partial charge is 0.357 e. The van der Waals surface area contributed by atoms with Crippen LogP contribution < -0.4 is 4.90 Å². The summed E-state index contributed by atoms with van der Waals surface area (Å²) in [6.45, 7) is 9.06. The van der Waals surface area contributed by atoms with Crippen molar-refractivity contribution in [2.24, 2.45) is 11.8 Å². The molecular formula is C15H23BrN2. The average molecular weight is 311 g/mol. The minimum absolute atomic E-state index is 0.810. The van der Waals surface area contributed by atoms with Gasteiger partial charge in [-0.1, -0.05) is 13.8 Å². The Labute approximate surface area is 119 Å². The number of aryl methyl sites for hydroxylation is 1. The zero-order valence-corrected chi connectivity index (χ0v) is 13.2. The summed E-state index contributed by atoms with van der Waals surface area (Å²) in [6.07, 6.45) is 3.96. The summed E-state index contributed by atoms with van der Waals surface area (Å²) in [4.78, 5) is 7.13. The molecule has 2 heterocycles. The van der Waals surface area contributed by atoms with E-state index < -0.39 is 0 Å². The van der Waals surface area contributed by atoms with Gasteiger partial charge in [0.1, 0.15) is 5.82 Å². The third kappa shape index (κ3) is 3.25. The zero-order chi connectivity index (χ0) is 13.1. The van der Waals surface area contributed by atoms with Crippen LogP contribution in [-0.2, 0) is 0 Å². The van der Waals surface area contributed by atoms with E-state index in [1.807, 2.05) is 0 Å². The van der Waals surface area contributed by atoms with Gasteiger partial charge in [-0.05, 0) is 66.1 Å². The van der Waals surface area contributed by atoms with Gasteiger partial charge in [0.2, 0.25) is 0 Å². The summed E-state index contributed by atoms with van der Waals surface area (Å²) in [6, 6.07) is 4.25. The van der Waals surface area contributed by atoms with Gasteiger partial charge in [-0.2, -0.15) is 0 Å². The van der Waals surface area contributed by atoms with E-state index in [1.165, 1.54) is 19.3 Å². The van der Waals surface area contributed by atoms with Crippen molar-refractivity contribution in [1.29, 1.82) is 0 Å². The number of nitrogens with zero attached hydrogens (tertiary/aromatic N) is 2. The molecule has 1 saturated heterocycles. The highest BCUT2D eigenvalue weighted by Gasteiger charge is 2.20. The highest BCUT2D eigenvalue weighted by Crippen LogP contribution is 2.27. The normalized spacial score (nSPS) is 21.2. The lowest BCUT2D eigenvalue weighted by Gasteiger charge is -2.23. The molecule has 2 nitrogen and oxygen atoms in total. The predicted molar refractivity (Wildman–Crippen MR) is 81.1 cm³/mol. The molecule has 0 radical (unpaired) electrons. The van der Waals surface area contributed by atoms with Crippen molar-refractivity contribution < 1.29 is 0 Å². The molecule has 1 fully saturated rings. The quantitative estimate of drug-likeness (QED) is 0.804. The van der Waals surface area contributed by atoms with Crippen LogP contribution in [0.5, 0.6) is 0 Å². The van der Waals surface area contributed by atoms with Gasteiger partial charge in [0.15, 0.2) is 0 Å². The minimum atomic E-state index is 0.810. The lowest BCUT2D eigenvalue weighted by atomic mass is 9.89. The van der Waals surface area contributed by atoms with Crippen molar-refractivity contribution in [1.82, 2.24) is 4.98 Å². The van der Waals surface area contributed by atoms with Crippen LogP contribution in [0, 0.1) is 18.8 Å². The van der Waals surface area contributed by atoms with Crippen LogP contribution in [0.3, 0.4) is 0 Å². The molecule has 0 bridgehead atoms. The van der Waals surface area contributed by atoms with E-state index in [-0.39, 0.29) is 0 Å². The molecule has 1 aliphatic heterocycles. The Kier molecular flexibility index (Phi) is 4.66. The van der Waals surface area contributed by atoms with Gasteiger partial charge in [0.25, 0.3) is 0 Å². The minimum Gasteiger partial charge on any atom is -0.357 e. The molecule has 1 aliphatic rings. The Hall–Kier alpha value is -0.570. The SMILES string of the molecule is Cc1nc(N2CCCC(C(C)C)CC2)ccc1Br. The van der Waals surface area contributed by atoms with E-state index >= 15 is 0 Å². The smallest absolute Gasteiger partial charge is 0.128 e. The molecule has 3 heteroatoms. The second-order valence-corrected chi connectivity index (χ2v) is 6.51. The Bertz CT molecular complexity index is 403. The summed E-state index contributed by atoms with van der Waals surface area (Å²) in [7, 11) is 0. The molecule has 2 rings (SSSR count). The van der Waals surface area contributed by atoms with Crippen molar-refractivity contribution in [3.8, 4) is 0 Å². The summed E-state index contributed by atoms with van der Waals surface area (Å²) < 4.78 is 1.10. The van der Waals surface area contributed by atoms with Crippen LogP contribution in [0.2, 0.25) is 0 Å². The first-order valence-corrected chi connectivity index (χ1v) is 7.75. The predicted octanol–water partition coefficient (Wildman–Crippen LogP) is 4.42. The highest BCUT2D eigenvalue weighted by molar-refractivity contribution is 9.10. The monoisotopic (exact) mass is 310 g/mol. The molecule has 0 spiro atoms. The molecule has 0 N–H and O–H groups in total. The van der Waals surface area contributed by atoms with E-state index in [1.54, 1.807) is 0 Å². The van der Waals surface area contributed by atoms with Crippen molar-refractivity contribution in [2.75, 3.05) is 18.0 Å². The molecule has 0 amide bonds. The third-order valence-corrected chi connectivity index (χ3v) is 4.88. The maximum absolute atomic E-state index is 4.69. The van der Waals surface area contributed by atoms with E-state index in [4.69, 9.17) is 0 Å². The summed E-state index contributed by atoms with van der Waals surface area (Å²) in [5.74, 6) is 2.83. The second kappa shape index (κ2) is 6.05. The fourth-order valence-corrected chi connectivity index (χ4v) is 2.95. The second-order valence-electron chi connectivity index (χ2n) is 5.66. The topological polar surface area (TPSA) is 16.1 Å². The summed E-state index contributed by atoms with van der Waals surface area (Å²) in [5, 5.41) is 0. The van der Waals surface area contributed by atoms with Crippen LogP contribution in [0.15, 0.2) is 16.6 Å². The number of halogens is 1. The van der Waals surface area contributed by atoms with E-state index in [9.17, 15) is 0 Å². The van der Waals surface area contributed by atoms with Crippen molar-refractivity contribution in [2.45, 2.75) is 40.0 Å². The van der Waals surface area contributed by atoms with Gasteiger partial charge >= 0.3 is 0 Å². The molecule has 1 aromatic heterocycles. The maximum atomic E-state index is 4.69. The van der Waals surface area contributed by atoms with Crippen molar-refractivity contribution >= 4 is 21.7 Å². The summed E-state index contributed by atoms with van der Waals surface area (Å²) >= 11 is 3.52. The first kappa shape index (κ1) is 13.9. The number of anilines is 1. The van der Waals surface area contributed by atoms with Gasteiger partial charge in [-0.25, -0.2) is 4.98 Å². The van der Waals surface area contributed by atoms with Crippen molar-refractivity contribution in [3.05, 3.63) is 22.3 Å². The molecule has 18 heavy (non-hydrogen) atoms. The molecule has 100 valence electrons. The van der Waals surface area contributed by atoms with E-state index in [2.05, 4.69) is 58.7 Å². The van der Waals surface area contributed by atoms with Crippen LogP contribution in [-0.4, -0.2) is 18.1 Å². The zero-order valence-electron chi connectivity index (χ0n) is 11.6. The van der Waals surface area contributed by atoms with Crippen LogP contribution in [0.25, 0.3) is 0 Å². The van der Waals surface area contributed by atoms with Crippen LogP contribution in [0.4, 0.5) is 5.82 Å². The van der Waals surface area contributed by atoms with Gasteiger partial charge in [-0.3, -0.25) is 0 Å². The lowest BCUT2D eigenvalue weighted by Crippen LogP contribution is -2.25. The Morgan fingerprint density at radius 3 is 2.72 bits per heavy atom. The van der Waals surface area contributed by atoms with Crippen molar-refractivity contribution in [3.63, 3.8) is 0 Å². The maximum Gasteiger partial charge on any atom is 0.128 e. The Morgan fingerprint density at radius 2 is 2.06 bits per heavy atom. The fraction of sp³-hybridized carbons (Fsp3) is 0.667. The molecule has 1 aromatic rings. The molecular weight excluding hydrogens is 288 g/mol. The molecule has 0 saturated carbocycles. The average Bonchev–Trinajstić information content (AvgIpc) is 2.58. The van der Waals surface area contributed by atoms with Gasteiger partial charge in [-0.15, -0.1) is 0 Å². The number of pyridine rings is 1. The van der Waals surface area contributed by atoms with E-state index in [0.29, 0.717) is 0 Å².